The van der Waals surface area contributed by atoms with Crippen LogP contribution >= 0.6 is 0 Å². The second-order valence-electron chi connectivity index (χ2n) is 10.4. The Kier molecular flexibility index (Phi) is 5.91. The summed E-state index contributed by atoms with van der Waals surface area (Å²) < 4.78 is 60.8. The van der Waals surface area contributed by atoms with Crippen molar-refractivity contribution in [3.05, 3.63) is 59.5 Å². The summed E-state index contributed by atoms with van der Waals surface area (Å²) in [4.78, 5) is 19.7. The average molecular weight is 547 g/mol. The number of amidine groups is 1. The van der Waals surface area contributed by atoms with Gasteiger partial charge in [-0.1, -0.05) is 12.1 Å². The molecule has 5 N–H and O–H groups in total. The number of hydrazone groups is 1. The molecule has 0 bridgehead atoms. The van der Waals surface area contributed by atoms with E-state index < -0.39 is 42.7 Å². The number of carbonyl (C=O) groups excluding carboxylic acids is 1. The van der Waals surface area contributed by atoms with Gasteiger partial charge in [0.05, 0.1) is 42.2 Å². The van der Waals surface area contributed by atoms with E-state index in [-0.39, 0.29) is 28.2 Å². The molecule has 1 saturated carbocycles. The lowest BCUT2D eigenvalue weighted by Crippen LogP contribution is -2.66. The molecule has 4 heterocycles. The first-order chi connectivity index (χ1) is 18.5. The normalized spacial score (nSPS) is 20.1. The van der Waals surface area contributed by atoms with E-state index in [2.05, 4.69) is 20.3 Å². The lowest BCUT2D eigenvalue weighted by Gasteiger charge is -2.55. The predicted octanol–water partition coefficient (Wildman–Crippen LogP) is 2.95. The van der Waals surface area contributed by atoms with Crippen LogP contribution in [0.15, 0.2) is 47.8 Å². The number of hydrogen-bond donors (Lipinski definition) is 3. The van der Waals surface area contributed by atoms with Gasteiger partial charge in [-0.05, 0) is 18.2 Å². The molecule has 6 rings (SSSR count). The van der Waals surface area contributed by atoms with Crippen molar-refractivity contribution in [2.75, 3.05) is 36.5 Å². The van der Waals surface area contributed by atoms with Gasteiger partial charge < -0.3 is 20.7 Å². The highest BCUT2D eigenvalue weighted by Gasteiger charge is 2.49. The molecule has 0 atom stereocenters. The van der Waals surface area contributed by atoms with Crippen LogP contribution in [0.4, 0.5) is 28.9 Å². The Morgan fingerprint density at radius 2 is 1.95 bits per heavy atom. The third-order valence-electron chi connectivity index (χ3n) is 7.46. The lowest BCUT2D eigenvalue weighted by atomic mass is 9.78. The van der Waals surface area contributed by atoms with Gasteiger partial charge in [0.1, 0.15) is 11.3 Å². The molecule has 39 heavy (non-hydrogen) atoms. The summed E-state index contributed by atoms with van der Waals surface area (Å²) in [5.74, 6) is 2.12. The van der Waals surface area contributed by atoms with Gasteiger partial charge in [-0.3, -0.25) is 9.20 Å². The Morgan fingerprint density at radius 3 is 2.59 bits per heavy atom. The first kappa shape index (κ1) is 25.4. The first-order valence-electron chi connectivity index (χ1n) is 12.3. The molecule has 0 unspecified atom stereocenters. The number of hydrazine groups is 1. The Balaban J connectivity index is 1.23. The SMILES string of the molecule is N/C(=N\N(N)C1CC(F)(F)C1)c1ccc(C(F)F)c(NC(=O)c2cnc3ccc(N4CC5(COC5)C4)cn23)c1. The topological polar surface area (TPSA) is 127 Å². The summed E-state index contributed by atoms with van der Waals surface area (Å²) in [7, 11) is 0. The maximum atomic E-state index is 13.8. The Morgan fingerprint density at radius 1 is 1.21 bits per heavy atom. The number of carbonyl (C=O) groups is 1. The number of halogens is 4. The fourth-order valence-corrected chi connectivity index (χ4v) is 5.12. The second-order valence-corrected chi connectivity index (χ2v) is 10.4. The Hall–Kier alpha value is -3.91. The number of fused-ring (bicyclic) bond motifs is 1. The molecule has 10 nitrogen and oxygen atoms in total. The van der Waals surface area contributed by atoms with Gasteiger partial charge in [0, 0.05) is 43.3 Å². The molecule has 1 aromatic carbocycles. The smallest absolute Gasteiger partial charge is 0.274 e. The van der Waals surface area contributed by atoms with E-state index in [1.807, 2.05) is 6.07 Å². The van der Waals surface area contributed by atoms with E-state index in [0.29, 0.717) is 5.65 Å². The number of pyridine rings is 1. The molecule has 14 heteroatoms. The van der Waals surface area contributed by atoms with Gasteiger partial charge in [-0.15, -0.1) is 5.10 Å². The van der Waals surface area contributed by atoms with E-state index in [4.69, 9.17) is 16.3 Å². The largest absolute Gasteiger partial charge is 0.382 e. The van der Waals surface area contributed by atoms with E-state index >= 15 is 0 Å². The van der Waals surface area contributed by atoms with Crippen molar-refractivity contribution in [2.24, 2.45) is 22.1 Å². The standard InChI is InChI=1S/C25H26F4N8O2/c26-21(27)17-3-1-14(22(30)34-37(31)16-6-25(28,29)7-16)5-18(17)33-23(38)19-8-32-20-4-2-15(9-36(19)20)35-10-24(11-35)12-39-13-24/h1-5,8-9,16,21H,6-7,10-13,31H2,(H2,30,34)(H,33,38). The zero-order chi connectivity index (χ0) is 27.5. The second kappa shape index (κ2) is 9.09. The summed E-state index contributed by atoms with van der Waals surface area (Å²) in [6.07, 6.45) is -0.647. The fraction of sp³-hybridized carbons (Fsp3) is 0.400. The summed E-state index contributed by atoms with van der Waals surface area (Å²) in [5, 5.41) is 7.31. The summed E-state index contributed by atoms with van der Waals surface area (Å²) in [6, 6.07) is 6.67. The van der Waals surface area contributed by atoms with Gasteiger partial charge in [-0.25, -0.2) is 33.5 Å². The molecule has 3 aliphatic rings. The minimum Gasteiger partial charge on any atom is -0.382 e. The number of nitrogens with zero attached hydrogens (tertiary/aromatic N) is 5. The van der Waals surface area contributed by atoms with Crippen molar-refractivity contribution in [3.8, 4) is 0 Å². The van der Waals surface area contributed by atoms with E-state index in [1.54, 1.807) is 16.7 Å². The monoisotopic (exact) mass is 546 g/mol. The van der Waals surface area contributed by atoms with Crippen molar-refractivity contribution in [1.82, 2.24) is 14.5 Å². The molecule has 1 amide bonds. The highest BCUT2D eigenvalue weighted by Crippen LogP contribution is 2.41. The summed E-state index contributed by atoms with van der Waals surface area (Å²) in [5.41, 5.74) is 7.35. The highest BCUT2D eigenvalue weighted by atomic mass is 19.3. The van der Waals surface area contributed by atoms with Crippen LogP contribution in [0.5, 0.6) is 0 Å². The van der Waals surface area contributed by atoms with Crippen LogP contribution in [0.1, 0.15) is 40.9 Å². The van der Waals surface area contributed by atoms with E-state index in [1.165, 1.54) is 18.3 Å². The number of aromatic nitrogens is 2. The van der Waals surface area contributed by atoms with E-state index in [0.717, 1.165) is 43.2 Å². The van der Waals surface area contributed by atoms with E-state index in [9.17, 15) is 22.4 Å². The van der Waals surface area contributed by atoms with Crippen molar-refractivity contribution in [1.29, 1.82) is 0 Å². The molecule has 1 spiro atoms. The zero-order valence-electron chi connectivity index (χ0n) is 20.7. The molecular formula is C25H26F4N8O2. The minimum atomic E-state index is -2.89. The number of benzene rings is 1. The molecule has 1 aliphatic carbocycles. The maximum Gasteiger partial charge on any atom is 0.274 e. The number of hydrogen-bond acceptors (Lipinski definition) is 7. The van der Waals surface area contributed by atoms with Crippen molar-refractivity contribution < 1.29 is 27.1 Å². The van der Waals surface area contributed by atoms with Gasteiger partial charge in [0.25, 0.3) is 18.3 Å². The van der Waals surface area contributed by atoms with Crippen LogP contribution in [-0.4, -0.2) is 64.5 Å². The van der Waals surface area contributed by atoms with Crippen LogP contribution in [0.3, 0.4) is 0 Å². The fourth-order valence-electron chi connectivity index (χ4n) is 5.12. The highest BCUT2D eigenvalue weighted by molar-refractivity contribution is 6.05. The Bertz CT molecular complexity index is 1460. The quantitative estimate of drug-likeness (QED) is 0.137. The van der Waals surface area contributed by atoms with Gasteiger partial charge in [0.15, 0.2) is 5.84 Å². The number of rotatable bonds is 7. The average Bonchev–Trinajstić information content (AvgIpc) is 3.24. The van der Waals surface area contributed by atoms with Crippen LogP contribution in [0, 0.1) is 5.41 Å². The third kappa shape index (κ3) is 4.63. The molecular weight excluding hydrogens is 520 g/mol. The molecule has 3 fully saturated rings. The van der Waals surface area contributed by atoms with Crippen molar-refractivity contribution in [3.63, 3.8) is 0 Å². The zero-order valence-corrected chi connectivity index (χ0v) is 20.7. The number of nitrogens with two attached hydrogens (primary N) is 2. The number of alkyl halides is 4. The van der Waals surface area contributed by atoms with Gasteiger partial charge in [0.2, 0.25) is 0 Å². The van der Waals surface area contributed by atoms with Gasteiger partial charge in [-0.2, -0.15) is 0 Å². The number of ether oxygens (including phenoxy) is 1. The summed E-state index contributed by atoms with van der Waals surface area (Å²) in [6.45, 7) is 3.19. The molecule has 3 aromatic rings. The number of amides is 1. The molecule has 0 radical (unpaired) electrons. The number of nitrogens with one attached hydrogen (secondary N) is 1. The lowest BCUT2D eigenvalue weighted by molar-refractivity contribution is -0.127. The van der Waals surface area contributed by atoms with Crippen LogP contribution in [-0.2, 0) is 4.74 Å². The van der Waals surface area contributed by atoms with Crippen LogP contribution in [0.25, 0.3) is 5.65 Å². The predicted molar refractivity (Wildman–Crippen MR) is 135 cm³/mol. The van der Waals surface area contributed by atoms with Crippen LogP contribution in [0.2, 0.25) is 0 Å². The van der Waals surface area contributed by atoms with Crippen molar-refractivity contribution >= 4 is 28.8 Å². The van der Waals surface area contributed by atoms with Crippen LogP contribution < -0.4 is 21.8 Å². The van der Waals surface area contributed by atoms with Crippen molar-refractivity contribution in [2.45, 2.75) is 31.2 Å². The maximum absolute atomic E-state index is 13.8. The molecule has 206 valence electrons. The first-order valence-corrected chi connectivity index (χ1v) is 12.3. The number of imidazole rings is 1. The molecule has 2 aliphatic heterocycles. The Labute approximate surface area is 220 Å². The molecule has 2 saturated heterocycles. The number of anilines is 2. The van der Waals surface area contributed by atoms with Gasteiger partial charge >= 0.3 is 0 Å². The molecule has 2 aromatic heterocycles. The summed E-state index contributed by atoms with van der Waals surface area (Å²) >= 11 is 0. The minimum absolute atomic E-state index is 0.153. The third-order valence-corrected chi connectivity index (χ3v) is 7.46.